The summed E-state index contributed by atoms with van der Waals surface area (Å²) in [6.45, 7) is 2.04. The predicted octanol–water partition coefficient (Wildman–Crippen LogP) is 5.10. The van der Waals surface area contributed by atoms with Crippen molar-refractivity contribution in [1.82, 2.24) is 4.98 Å². The lowest BCUT2D eigenvalue weighted by Gasteiger charge is -2.11. The Morgan fingerprint density at radius 1 is 1.27 bits per heavy atom. The predicted molar refractivity (Wildman–Crippen MR) is 87.1 cm³/mol. The number of thiophene rings is 1. The molecule has 2 heterocycles. The highest BCUT2D eigenvalue weighted by molar-refractivity contribution is 7.19. The smallest absolute Gasteiger partial charge is 0.152 e. The molecule has 0 unspecified atom stereocenters. The lowest BCUT2D eigenvalue weighted by molar-refractivity contribution is 0.112. The maximum Gasteiger partial charge on any atom is 0.152 e. The molecule has 110 valence electrons. The molecule has 0 amide bonds. The standard InChI is InChI=1S/C18H14FNOS/c1-10-8-15-18(22-10)16(11-4-6-13(19)7-5-11)14(9-21)17(20-15)12-2-3-12/h4-9,12H,2-3H2,1H3. The van der Waals surface area contributed by atoms with Crippen molar-refractivity contribution < 1.29 is 9.18 Å². The van der Waals surface area contributed by atoms with E-state index in [0.717, 1.165) is 51.0 Å². The van der Waals surface area contributed by atoms with E-state index >= 15 is 0 Å². The van der Waals surface area contributed by atoms with Crippen LogP contribution in [-0.4, -0.2) is 11.3 Å². The second kappa shape index (κ2) is 4.99. The van der Waals surface area contributed by atoms with Crippen LogP contribution >= 0.6 is 11.3 Å². The Hall–Kier alpha value is -2.07. The summed E-state index contributed by atoms with van der Waals surface area (Å²) >= 11 is 1.63. The van der Waals surface area contributed by atoms with Crippen molar-refractivity contribution in [2.45, 2.75) is 25.7 Å². The zero-order valence-corrected chi connectivity index (χ0v) is 12.9. The highest BCUT2D eigenvalue weighted by Gasteiger charge is 2.30. The number of carbonyl (C=O) groups is 1. The van der Waals surface area contributed by atoms with Gasteiger partial charge in [0.2, 0.25) is 0 Å². The molecule has 0 radical (unpaired) electrons. The van der Waals surface area contributed by atoms with Gasteiger partial charge in [-0.05, 0) is 43.5 Å². The van der Waals surface area contributed by atoms with Gasteiger partial charge in [0.15, 0.2) is 6.29 Å². The number of fused-ring (bicyclic) bond motifs is 1. The highest BCUT2D eigenvalue weighted by atomic mass is 32.1. The SMILES string of the molecule is Cc1cc2nc(C3CC3)c(C=O)c(-c3ccc(F)cc3)c2s1. The lowest BCUT2D eigenvalue weighted by Crippen LogP contribution is -1.99. The number of carbonyl (C=O) groups excluding carboxylic acids is 1. The molecule has 1 aliphatic carbocycles. The van der Waals surface area contributed by atoms with Crippen molar-refractivity contribution in [1.29, 1.82) is 0 Å². The molecule has 0 saturated heterocycles. The zero-order valence-electron chi connectivity index (χ0n) is 12.1. The maximum atomic E-state index is 13.2. The summed E-state index contributed by atoms with van der Waals surface area (Å²) in [5.74, 6) is 0.121. The molecule has 1 fully saturated rings. The van der Waals surface area contributed by atoms with Crippen LogP contribution in [0, 0.1) is 12.7 Å². The van der Waals surface area contributed by atoms with Crippen LogP contribution in [0.3, 0.4) is 0 Å². The normalized spacial score (nSPS) is 14.5. The first-order valence-corrected chi connectivity index (χ1v) is 8.14. The monoisotopic (exact) mass is 311 g/mol. The number of aryl methyl sites for hydroxylation is 1. The van der Waals surface area contributed by atoms with Crippen molar-refractivity contribution in [3.05, 3.63) is 52.3 Å². The third-order valence-electron chi connectivity index (χ3n) is 4.06. The van der Waals surface area contributed by atoms with Gasteiger partial charge >= 0.3 is 0 Å². The Bertz CT molecular complexity index is 878. The van der Waals surface area contributed by atoms with Gasteiger partial charge in [-0.15, -0.1) is 11.3 Å². The van der Waals surface area contributed by atoms with Gasteiger partial charge in [-0.2, -0.15) is 0 Å². The molecule has 0 spiro atoms. The number of rotatable bonds is 3. The van der Waals surface area contributed by atoms with Crippen LogP contribution < -0.4 is 0 Å². The number of aldehydes is 1. The van der Waals surface area contributed by atoms with Gasteiger partial charge in [-0.1, -0.05) is 12.1 Å². The van der Waals surface area contributed by atoms with E-state index < -0.39 is 0 Å². The molecular weight excluding hydrogens is 297 g/mol. The van der Waals surface area contributed by atoms with E-state index in [4.69, 9.17) is 4.98 Å². The van der Waals surface area contributed by atoms with Crippen molar-refractivity contribution in [3.63, 3.8) is 0 Å². The van der Waals surface area contributed by atoms with E-state index in [1.165, 1.54) is 12.1 Å². The minimum absolute atomic E-state index is 0.272. The number of nitrogens with zero attached hydrogens (tertiary/aromatic N) is 1. The van der Waals surface area contributed by atoms with Crippen molar-refractivity contribution in [3.8, 4) is 11.1 Å². The minimum atomic E-state index is -0.272. The van der Waals surface area contributed by atoms with E-state index in [1.54, 1.807) is 23.5 Å². The topological polar surface area (TPSA) is 30.0 Å². The first-order valence-electron chi connectivity index (χ1n) is 7.32. The fourth-order valence-corrected chi connectivity index (χ4v) is 3.93. The van der Waals surface area contributed by atoms with Crippen molar-refractivity contribution >= 4 is 27.8 Å². The number of halogens is 1. The number of aromatic nitrogens is 1. The molecule has 1 aromatic carbocycles. The van der Waals surface area contributed by atoms with Gasteiger partial charge in [0, 0.05) is 21.9 Å². The molecule has 1 aliphatic rings. The number of hydrogen-bond acceptors (Lipinski definition) is 3. The lowest BCUT2D eigenvalue weighted by atomic mass is 9.97. The second-order valence-electron chi connectivity index (χ2n) is 5.76. The molecule has 4 rings (SSSR count). The molecule has 2 nitrogen and oxygen atoms in total. The summed E-state index contributed by atoms with van der Waals surface area (Å²) < 4.78 is 14.3. The summed E-state index contributed by atoms with van der Waals surface area (Å²) in [7, 11) is 0. The summed E-state index contributed by atoms with van der Waals surface area (Å²) in [6, 6.07) is 8.42. The Kier molecular flexibility index (Phi) is 3.08. The summed E-state index contributed by atoms with van der Waals surface area (Å²) in [6.07, 6.45) is 3.09. The molecule has 2 aromatic heterocycles. The molecule has 4 heteroatoms. The van der Waals surface area contributed by atoms with Gasteiger partial charge in [0.1, 0.15) is 5.82 Å². The second-order valence-corrected chi connectivity index (χ2v) is 7.01. The average Bonchev–Trinajstić information content (AvgIpc) is 3.28. The largest absolute Gasteiger partial charge is 0.298 e. The zero-order chi connectivity index (χ0) is 15.3. The Labute approximate surface area is 131 Å². The molecule has 1 saturated carbocycles. The highest BCUT2D eigenvalue weighted by Crippen LogP contribution is 2.45. The number of hydrogen-bond donors (Lipinski definition) is 0. The van der Waals surface area contributed by atoms with Gasteiger partial charge in [-0.25, -0.2) is 4.39 Å². The Morgan fingerprint density at radius 2 is 2.00 bits per heavy atom. The van der Waals surface area contributed by atoms with Gasteiger partial charge in [0.05, 0.1) is 15.9 Å². The van der Waals surface area contributed by atoms with Crippen molar-refractivity contribution in [2.24, 2.45) is 0 Å². The summed E-state index contributed by atoms with van der Waals surface area (Å²) in [4.78, 5) is 17.7. The summed E-state index contributed by atoms with van der Waals surface area (Å²) in [5, 5.41) is 0. The molecular formula is C18H14FNOS. The third kappa shape index (κ3) is 2.15. The van der Waals surface area contributed by atoms with Crippen LogP contribution in [0.25, 0.3) is 21.3 Å². The number of benzene rings is 1. The Morgan fingerprint density at radius 3 is 2.64 bits per heavy atom. The third-order valence-corrected chi connectivity index (χ3v) is 5.12. The quantitative estimate of drug-likeness (QED) is 0.630. The van der Waals surface area contributed by atoms with Gasteiger partial charge in [0.25, 0.3) is 0 Å². The molecule has 0 bridgehead atoms. The van der Waals surface area contributed by atoms with Crippen LogP contribution in [0.4, 0.5) is 4.39 Å². The van der Waals surface area contributed by atoms with Crippen LogP contribution in [0.5, 0.6) is 0 Å². The maximum absolute atomic E-state index is 13.2. The van der Waals surface area contributed by atoms with Crippen LogP contribution in [0.15, 0.2) is 30.3 Å². The van der Waals surface area contributed by atoms with Crippen LogP contribution in [0.1, 0.15) is 39.7 Å². The van der Waals surface area contributed by atoms with E-state index in [-0.39, 0.29) is 5.82 Å². The molecule has 22 heavy (non-hydrogen) atoms. The first kappa shape index (κ1) is 13.6. The summed E-state index contributed by atoms with van der Waals surface area (Å²) in [5.41, 5.74) is 4.29. The van der Waals surface area contributed by atoms with Gasteiger partial charge < -0.3 is 0 Å². The van der Waals surface area contributed by atoms with Crippen LogP contribution in [-0.2, 0) is 0 Å². The minimum Gasteiger partial charge on any atom is -0.298 e. The molecule has 0 N–H and O–H groups in total. The van der Waals surface area contributed by atoms with E-state index in [2.05, 4.69) is 6.07 Å². The molecule has 3 aromatic rings. The van der Waals surface area contributed by atoms with E-state index in [1.807, 2.05) is 6.92 Å². The van der Waals surface area contributed by atoms with E-state index in [0.29, 0.717) is 11.5 Å². The van der Waals surface area contributed by atoms with Gasteiger partial charge in [-0.3, -0.25) is 9.78 Å². The van der Waals surface area contributed by atoms with E-state index in [9.17, 15) is 9.18 Å². The molecule has 0 atom stereocenters. The fraction of sp³-hybridized carbons (Fsp3) is 0.222. The Balaban J connectivity index is 2.08. The number of pyridine rings is 1. The average molecular weight is 311 g/mol. The molecule has 0 aliphatic heterocycles. The fourth-order valence-electron chi connectivity index (χ4n) is 2.89. The first-order chi connectivity index (χ1) is 10.7. The van der Waals surface area contributed by atoms with Crippen LogP contribution in [0.2, 0.25) is 0 Å². The van der Waals surface area contributed by atoms with Crippen molar-refractivity contribution in [2.75, 3.05) is 0 Å².